The van der Waals surface area contributed by atoms with Gasteiger partial charge in [0, 0.05) is 6.54 Å². The van der Waals surface area contributed by atoms with E-state index in [4.69, 9.17) is 11.6 Å². The van der Waals surface area contributed by atoms with Gasteiger partial charge in [-0.2, -0.15) is 0 Å². The van der Waals surface area contributed by atoms with E-state index in [1.54, 1.807) is 6.07 Å². The summed E-state index contributed by atoms with van der Waals surface area (Å²) < 4.78 is 0. The standard InChI is InChI=1S/C11H12ClN3O/c12-9-5-4-7-10(14-9)15-6-2-1-3-8(15)11(16)13-7/h4-5,8H,1-3,6H2,(H,13,16). The van der Waals surface area contributed by atoms with Gasteiger partial charge in [0.25, 0.3) is 0 Å². The molecule has 0 spiro atoms. The summed E-state index contributed by atoms with van der Waals surface area (Å²) in [6.07, 6.45) is 3.11. The second-order valence-corrected chi connectivity index (χ2v) is 4.59. The lowest BCUT2D eigenvalue weighted by Crippen LogP contribution is -2.51. The number of nitrogens with one attached hydrogen (secondary N) is 1. The number of pyridine rings is 1. The van der Waals surface area contributed by atoms with Crippen molar-refractivity contribution in [2.24, 2.45) is 0 Å². The Morgan fingerprint density at radius 1 is 1.44 bits per heavy atom. The van der Waals surface area contributed by atoms with Crippen molar-refractivity contribution in [1.82, 2.24) is 4.98 Å². The third-order valence-electron chi connectivity index (χ3n) is 3.18. The molecule has 84 valence electrons. The third kappa shape index (κ3) is 1.45. The quantitative estimate of drug-likeness (QED) is 0.703. The average Bonchev–Trinajstić information content (AvgIpc) is 2.31. The minimum atomic E-state index is -0.0628. The number of aromatic nitrogens is 1. The highest BCUT2D eigenvalue weighted by molar-refractivity contribution is 6.29. The van der Waals surface area contributed by atoms with Crippen LogP contribution in [0.3, 0.4) is 0 Å². The minimum Gasteiger partial charge on any atom is -0.343 e. The minimum absolute atomic E-state index is 0.0628. The number of nitrogens with zero attached hydrogens (tertiary/aromatic N) is 2. The second-order valence-electron chi connectivity index (χ2n) is 4.20. The molecule has 3 heterocycles. The van der Waals surface area contributed by atoms with E-state index in [1.165, 1.54) is 0 Å². The third-order valence-corrected chi connectivity index (χ3v) is 3.39. The molecule has 4 nitrogen and oxygen atoms in total. The van der Waals surface area contributed by atoms with Crippen LogP contribution in [-0.2, 0) is 4.79 Å². The number of piperidine rings is 1. The Balaban J connectivity index is 2.07. The molecule has 0 aromatic carbocycles. The summed E-state index contributed by atoms with van der Waals surface area (Å²) in [6, 6.07) is 3.45. The van der Waals surface area contributed by atoms with Crippen molar-refractivity contribution in [2.45, 2.75) is 25.3 Å². The number of hydrogen-bond donors (Lipinski definition) is 1. The maximum Gasteiger partial charge on any atom is 0.247 e. The topological polar surface area (TPSA) is 45.2 Å². The van der Waals surface area contributed by atoms with Crippen molar-refractivity contribution in [3.63, 3.8) is 0 Å². The molecular weight excluding hydrogens is 226 g/mol. The Labute approximate surface area is 98.6 Å². The molecule has 1 aromatic heterocycles. The van der Waals surface area contributed by atoms with Gasteiger partial charge in [-0.05, 0) is 31.4 Å². The van der Waals surface area contributed by atoms with E-state index >= 15 is 0 Å². The van der Waals surface area contributed by atoms with E-state index in [9.17, 15) is 4.79 Å². The fourth-order valence-corrected chi connectivity index (χ4v) is 2.56. The van der Waals surface area contributed by atoms with Crippen LogP contribution in [0.5, 0.6) is 0 Å². The molecule has 1 unspecified atom stereocenters. The predicted octanol–water partition coefficient (Wildman–Crippen LogP) is 2.05. The van der Waals surface area contributed by atoms with Gasteiger partial charge < -0.3 is 10.2 Å². The summed E-state index contributed by atoms with van der Waals surface area (Å²) in [6.45, 7) is 0.887. The molecule has 1 amide bonds. The van der Waals surface area contributed by atoms with Crippen molar-refractivity contribution in [3.8, 4) is 0 Å². The van der Waals surface area contributed by atoms with Crippen molar-refractivity contribution in [2.75, 3.05) is 16.8 Å². The molecular formula is C11H12ClN3O. The highest BCUT2D eigenvalue weighted by Gasteiger charge is 2.35. The van der Waals surface area contributed by atoms with Crippen molar-refractivity contribution >= 4 is 29.0 Å². The molecule has 2 aliphatic heterocycles. The number of halogens is 1. The van der Waals surface area contributed by atoms with Gasteiger partial charge in [0.2, 0.25) is 5.91 Å². The lowest BCUT2D eigenvalue weighted by molar-refractivity contribution is -0.118. The summed E-state index contributed by atoms with van der Waals surface area (Å²) in [5, 5.41) is 3.36. The zero-order chi connectivity index (χ0) is 11.1. The molecule has 3 rings (SSSR count). The molecule has 1 N–H and O–H groups in total. The first-order chi connectivity index (χ1) is 7.75. The average molecular weight is 238 g/mol. The summed E-state index contributed by atoms with van der Waals surface area (Å²) in [4.78, 5) is 18.2. The SMILES string of the molecule is O=C1Nc2ccc(Cl)nc2N2CCCCC12. The van der Waals surface area contributed by atoms with E-state index < -0.39 is 0 Å². The van der Waals surface area contributed by atoms with Gasteiger partial charge >= 0.3 is 0 Å². The highest BCUT2D eigenvalue weighted by Crippen LogP contribution is 2.34. The smallest absolute Gasteiger partial charge is 0.247 e. The van der Waals surface area contributed by atoms with Crippen LogP contribution in [0.15, 0.2) is 12.1 Å². The van der Waals surface area contributed by atoms with E-state index in [0.717, 1.165) is 37.3 Å². The first kappa shape index (κ1) is 9.90. The molecule has 16 heavy (non-hydrogen) atoms. The van der Waals surface area contributed by atoms with Crippen molar-refractivity contribution in [3.05, 3.63) is 17.3 Å². The van der Waals surface area contributed by atoms with E-state index in [-0.39, 0.29) is 11.9 Å². The molecule has 2 aliphatic rings. The number of hydrogen-bond acceptors (Lipinski definition) is 3. The monoisotopic (exact) mass is 237 g/mol. The van der Waals surface area contributed by atoms with Crippen LogP contribution in [0.4, 0.5) is 11.5 Å². The molecule has 1 atom stereocenters. The van der Waals surface area contributed by atoms with E-state index in [1.807, 2.05) is 6.07 Å². The summed E-state index contributed by atoms with van der Waals surface area (Å²) >= 11 is 5.89. The van der Waals surface area contributed by atoms with Gasteiger partial charge in [0.05, 0.1) is 5.69 Å². The van der Waals surface area contributed by atoms with E-state index in [0.29, 0.717) is 5.15 Å². The van der Waals surface area contributed by atoms with Crippen LogP contribution < -0.4 is 10.2 Å². The Bertz CT molecular complexity index is 449. The highest BCUT2D eigenvalue weighted by atomic mass is 35.5. The van der Waals surface area contributed by atoms with Gasteiger partial charge in [-0.25, -0.2) is 4.98 Å². The summed E-state index contributed by atoms with van der Waals surface area (Å²) in [5.41, 5.74) is 0.771. The molecule has 0 saturated carbocycles. The normalized spacial score (nSPS) is 23.4. The summed E-state index contributed by atoms with van der Waals surface area (Å²) in [5.74, 6) is 0.896. The van der Waals surface area contributed by atoms with Crippen LogP contribution in [0.25, 0.3) is 0 Å². The summed E-state index contributed by atoms with van der Waals surface area (Å²) in [7, 11) is 0. The second kappa shape index (κ2) is 3.63. The number of anilines is 2. The Morgan fingerprint density at radius 3 is 3.19 bits per heavy atom. The molecule has 0 bridgehead atoms. The number of carbonyl (C=O) groups is 1. The van der Waals surface area contributed by atoms with Crippen LogP contribution >= 0.6 is 11.6 Å². The maximum atomic E-state index is 11.9. The van der Waals surface area contributed by atoms with Crippen LogP contribution in [0.2, 0.25) is 5.15 Å². The van der Waals surface area contributed by atoms with Crippen molar-refractivity contribution < 1.29 is 4.79 Å². The van der Waals surface area contributed by atoms with Gasteiger partial charge in [-0.15, -0.1) is 0 Å². The first-order valence-corrected chi connectivity index (χ1v) is 5.87. The fraction of sp³-hybridized carbons (Fsp3) is 0.455. The molecule has 0 radical (unpaired) electrons. The van der Waals surface area contributed by atoms with Gasteiger partial charge in [-0.3, -0.25) is 4.79 Å². The van der Waals surface area contributed by atoms with Crippen LogP contribution in [0.1, 0.15) is 19.3 Å². The van der Waals surface area contributed by atoms with Crippen molar-refractivity contribution in [1.29, 1.82) is 0 Å². The molecule has 5 heteroatoms. The van der Waals surface area contributed by atoms with Crippen LogP contribution in [0, 0.1) is 0 Å². The van der Waals surface area contributed by atoms with Gasteiger partial charge in [-0.1, -0.05) is 11.6 Å². The van der Waals surface area contributed by atoms with Gasteiger partial charge in [0.15, 0.2) is 5.82 Å². The lowest BCUT2D eigenvalue weighted by atomic mass is 9.99. The van der Waals surface area contributed by atoms with E-state index in [2.05, 4.69) is 15.2 Å². The first-order valence-electron chi connectivity index (χ1n) is 5.50. The largest absolute Gasteiger partial charge is 0.343 e. The Kier molecular flexibility index (Phi) is 2.24. The zero-order valence-electron chi connectivity index (χ0n) is 8.74. The van der Waals surface area contributed by atoms with Gasteiger partial charge in [0.1, 0.15) is 11.2 Å². The molecule has 1 aromatic rings. The number of carbonyl (C=O) groups excluding carboxylic acids is 1. The number of fused-ring (bicyclic) bond motifs is 3. The molecule has 1 saturated heterocycles. The lowest BCUT2D eigenvalue weighted by Gasteiger charge is -2.39. The number of amides is 1. The van der Waals surface area contributed by atoms with Crippen LogP contribution in [-0.4, -0.2) is 23.5 Å². The molecule has 1 fully saturated rings. The predicted molar refractivity (Wildman–Crippen MR) is 62.9 cm³/mol. The number of rotatable bonds is 0. The Hall–Kier alpha value is -1.29. The Morgan fingerprint density at radius 2 is 2.31 bits per heavy atom. The molecule has 0 aliphatic carbocycles. The maximum absolute atomic E-state index is 11.9. The fourth-order valence-electron chi connectivity index (χ4n) is 2.42. The zero-order valence-corrected chi connectivity index (χ0v) is 9.50.